The zero-order valence-corrected chi connectivity index (χ0v) is 11.8. The van der Waals surface area contributed by atoms with Gasteiger partial charge in [0.15, 0.2) is 0 Å². The molecule has 0 aromatic rings. The molecule has 2 fully saturated rings. The number of carbonyl (C=O) groups excluding carboxylic acids is 1. The number of hydrogen-bond donors (Lipinski definition) is 1. The van der Waals surface area contributed by atoms with Gasteiger partial charge in [0.05, 0.1) is 6.04 Å². The number of rotatable bonds is 4. The van der Waals surface area contributed by atoms with Crippen molar-refractivity contribution in [2.24, 2.45) is 0 Å². The second kappa shape index (κ2) is 6.53. The van der Waals surface area contributed by atoms with Crippen LogP contribution in [0.15, 0.2) is 0 Å². The molecule has 2 unspecified atom stereocenters. The molecule has 0 aliphatic carbocycles. The van der Waals surface area contributed by atoms with Gasteiger partial charge in [-0.05, 0) is 45.7 Å². The number of likely N-dealkylation sites (tertiary alicyclic amines) is 2. The Morgan fingerprint density at radius 1 is 1.28 bits per heavy atom. The topological polar surface area (TPSA) is 35.6 Å². The lowest BCUT2D eigenvalue weighted by Gasteiger charge is -2.37. The maximum atomic E-state index is 12.4. The summed E-state index contributed by atoms with van der Waals surface area (Å²) in [5.74, 6) is 0.338. The Hall–Kier alpha value is -0.610. The third-order valence-corrected chi connectivity index (χ3v) is 4.27. The second-order valence-corrected chi connectivity index (χ2v) is 5.60. The summed E-state index contributed by atoms with van der Waals surface area (Å²) in [6.07, 6.45) is 4.81. The minimum absolute atomic E-state index is 0.0598. The normalized spacial score (nSPS) is 27.4. The van der Waals surface area contributed by atoms with Crippen LogP contribution in [0.3, 0.4) is 0 Å². The number of hydrogen-bond acceptors (Lipinski definition) is 3. The predicted molar refractivity (Wildman–Crippen MR) is 73.5 cm³/mol. The first-order chi connectivity index (χ1) is 8.72. The number of piperidine rings is 1. The average Bonchev–Trinajstić information content (AvgIpc) is 2.91. The lowest BCUT2D eigenvalue weighted by atomic mass is 10.0. The van der Waals surface area contributed by atoms with Crippen LogP contribution in [0.4, 0.5) is 0 Å². The third kappa shape index (κ3) is 3.23. The third-order valence-electron chi connectivity index (χ3n) is 4.27. The van der Waals surface area contributed by atoms with Gasteiger partial charge in [0.2, 0.25) is 5.91 Å². The maximum absolute atomic E-state index is 12.4. The summed E-state index contributed by atoms with van der Waals surface area (Å²) in [5.41, 5.74) is 0. The van der Waals surface area contributed by atoms with E-state index in [9.17, 15) is 4.79 Å². The van der Waals surface area contributed by atoms with Crippen LogP contribution in [-0.2, 0) is 4.79 Å². The van der Waals surface area contributed by atoms with Crippen LogP contribution in [0.2, 0.25) is 0 Å². The van der Waals surface area contributed by atoms with E-state index in [0.29, 0.717) is 11.9 Å². The first-order valence-corrected chi connectivity index (χ1v) is 7.48. The van der Waals surface area contributed by atoms with Gasteiger partial charge in [0.1, 0.15) is 0 Å². The summed E-state index contributed by atoms with van der Waals surface area (Å²) in [7, 11) is 0. The number of nitrogens with one attached hydrogen (secondary N) is 1. The van der Waals surface area contributed by atoms with Gasteiger partial charge in [-0.2, -0.15) is 0 Å². The highest BCUT2D eigenvalue weighted by Crippen LogP contribution is 2.16. The highest BCUT2D eigenvalue weighted by Gasteiger charge is 2.30. The van der Waals surface area contributed by atoms with Gasteiger partial charge in [-0.25, -0.2) is 0 Å². The van der Waals surface area contributed by atoms with Crippen molar-refractivity contribution in [2.45, 2.75) is 51.6 Å². The number of nitrogens with zero attached hydrogens (tertiary/aromatic N) is 2. The molecular weight excluding hydrogens is 226 g/mol. The molecule has 0 spiro atoms. The molecule has 2 saturated heterocycles. The molecule has 2 rings (SSSR count). The van der Waals surface area contributed by atoms with Gasteiger partial charge >= 0.3 is 0 Å². The highest BCUT2D eigenvalue weighted by atomic mass is 16.2. The summed E-state index contributed by atoms with van der Waals surface area (Å²) in [5, 5.41) is 3.51. The Kier molecular flexibility index (Phi) is 5.01. The lowest BCUT2D eigenvalue weighted by Crippen LogP contribution is -2.53. The molecule has 0 aromatic heterocycles. The SMILES string of the molecule is CCNC1CCCN(C(C)C(=O)N2CCCC2)C1. The Morgan fingerprint density at radius 3 is 2.67 bits per heavy atom. The van der Waals surface area contributed by atoms with E-state index in [4.69, 9.17) is 0 Å². The summed E-state index contributed by atoms with van der Waals surface area (Å²) >= 11 is 0. The van der Waals surface area contributed by atoms with E-state index in [-0.39, 0.29) is 6.04 Å². The first kappa shape index (κ1) is 13.8. The molecule has 1 N–H and O–H groups in total. The Bertz CT molecular complexity index is 274. The molecule has 4 heteroatoms. The minimum Gasteiger partial charge on any atom is -0.341 e. The van der Waals surface area contributed by atoms with E-state index in [1.54, 1.807) is 0 Å². The molecule has 2 atom stereocenters. The molecular formula is C14H27N3O. The molecule has 1 amide bonds. The van der Waals surface area contributed by atoms with E-state index in [0.717, 1.165) is 32.7 Å². The van der Waals surface area contributed by atoms with Crippen LogP contribution in [0.5, 0.6) is 0 Å². The van der Waals surface area contributed by atoms with Crippen molar-refractivity contribution >= 4 is 5.91 Å². The van der Waals surface area contributed by atoms with E-state index in [1.807, 2.05) is 4.90 Å². The average molecular weight is 253 g/mol. The molecule has 4 nitrogen and oxygen atoms in total. The van der Waals surface area contributed by atoms with Gasteiger partial charge in [0, 0.05) is 25.7 Å². The number of amides is 1. The van der Waals surface area contributed by atoms with Crippen molar-refractivity contribution in [3.05, 3.63) is 0 Å². The van der Waals surface area contributed by atoms with E-state index in [2.05, 4.69) is 24.1 Å². The van der Waals surface area contributed by atoms with Crippen LogP contribution < -0.4 is 5.32 Å². The molecule has 0 aromatic carbocycles. The minimum atomic E-state index is 0.0598. The van der Waals surface area contributed by atoms with E-state index in [1.165, 1.54) is 25.7 Å². The van der Waals surface area contributed by atoms with Crippen molar-refractivity contribution in [2.75, 3.05) is 32.7 Å². The molecule has 0 radical (unpaired) electrons. The van der Waals surface area contributed by atoms with Gasteiger partial charge in [0.25, 0.3) is 0 Å². The van der Waals surface area contributed by atoms with Crippen LogP contribution in [0.1, 0.15) is 39.5 Å². The Balaban J connectivity index is 1.87. The van der Waals surface area contributed by atoms with E-state index < -0.39 is 0 Å². The maximum Gasteiger partial charge on any atom is 0.239 e. The molecule has 104 valence electrons. The number of carbonyl (C=O) groups is 1. The molecule has 18 heavy (non-hydrogen) atoms. The molecule has 2 aliphatic heterocycles. The summed E-state index contributed by atoms with van der Waals surface area (Å²) in [6, 6.07) is 0.627. The molecule has 2 heterocycles. The van der Waals surface area contributed by atoms with Crippen LogP contribution in [0.25, 0.3) is 0 Å². The fraction of sp³-hybridized carbons (Fsp3) is 0.929. The van der Waals surface area contributed by atoms with Gasteiger partial charge in [-0.15, -0.1) is 0 Å². The highest BCUT2D eigenvalue weighted by molar-refractivity contribution is 5.81. The van der Waals surface area contributed by atoms with Crippen molar-refractivity contribution < 1.29 is 4.79 Å². The van der Waals surface area contributed by atoms with Gasteiger partial charge in [-0.1, -0.05) is 6.92 Å². The van der Waals surface area contributed by atoms with Crippen LogP contribution in [0, 0.1) is 0 Å². The first-order valence-electron chi connectivity index (χ1n) is 7.48. The van der Waals surface area contributed by atoms with Gasteiger partial charge in [-0.3, -0.25) is 9.69 Å². The van der Waals surface area contributed by atoms with Crippen molar-refractivity contribution in [3.8, 4) is 0 Å². The van der Waals surface area contributed by atoms with Crippen molar-refractivity contribution in [3.63, 3.8) is 0 Å². The van der Waals surface area contributed by atoms with Crippen LogP contribution >= 0.6 is 0 Å². The predicted octanol–water partition coefficient (Wildman–Crippen LogP) is 1.07. The quantitative estimate of drug-likeness (QED) is 0.814. The van der Waals surface area contributed by atoms with Crippen molar-refractivity contribution in [1.29, 1.82) is 0 Å². The molecule has 2 aliphatic rings. The Labute approximate surface area is 111 Å². The number of likely N-dealkylation sites (N-methyl/N-ethyl adjacent to an activating group) is 1. The zero-order chi connectivity index (χ0) is 13.0. The molecule has 0 saturated carbocycles. The monoisotopic (exact) mass is 253 g/mol. The Morgan fingerprint density at radius 2 is 2.00 bits per heavy atom. The summed E-state index contributed by atoms with van der Waals surface area (Å²) in [4.78, 5) is 16.8. The fourth-order valence-corrected chi connectivity index (χ4v) is 3.17. The summed E-state index contributed by atoms with van der Waals surface area (Å²) in [6.45, 7) is 9.28. The van der Waals surface area contributed by atoms with Crippen molar-refractivity contribution in [1.82, 2.24) is 15.1 Å². The van der Waals surface area contributed by atoms with Gasteiger partial charge < -0.3 is 10.2 Å². The van der Waals surface area contributed by atoms with Crippen LogP contribution in [-0.4, -0.2) is 60.5 Å². The van der Waals surface area contributed by atoms with E-state index >= 15 is 0 Å². The smallest absolute Gasteiger partial charge is 0.239 e. The zero-order valence-electron chi connectivity index (χ0n) is 11.8. The second-order valence-electron chi connectivity index (χ2n) is 5.60. The molecule has 0 bridgehead atoms. The standard InChI is InChI=1S/C14H27N3O/c1-3-15-13-7-6-10-17(11-13)12(2)14(18)16-8-4-5-9-16/h12-13,15H,3-11H2,1-2H3. The summed E-state index contributed by atoms with van der Waals surface area (Å²) < 4.78 is 0. The largest absolute Gasteiger partial charge is 0.341 e. The lowest BCUT2D eigenvalue weighted by molar-refractivity contribution is -0.135. The fourth-order valence-electron chi connectivity index (χ4n) is 3.17.